The molecule has 10 nitrogen and oxygen atoms in total. The van der Waals surface area contributed by atoms with Crippen molar-refractivity contribution in [2.75, 3.05) is 31.1 Å². The quantitative estimate of drug-likeness (QED) is 0.499. The summed E-state index contributed by atoms with van der Waals surface area (Å²) in [4.78, 5) is 27.2. The van der Waals surface area contributed by atoms with Gasteiger partial charge in [0.25, 0.3) is 11.6 Å². The van der Waals surface area contributed by atoms with E-state index in [0.717, 1.165) is 11.4 Å². The number of rotatable bonds is 4. The summed E-state index contributed by atoms with van der Waals surface area (Å²) in [5, 5.41) is 22.0. The number of nitro groups is 1. The number of tetrazole rings is 1. The molecule has 3 aromatic rings. The number of piperazine rings is 1. The molecule has 1 fully saturated rings. The molecule has 0 unspecified atom stereocenters. The summed E-state index contributed by atoms with van der Waals surface area (Å²) in [5.41, 5.74) is 2.24. The Kier molecular flexibility index (Phi) is 4.67. The number of nitrogens with zero attached hydrogens (tertiary/aromatic N) is 7. The fourth-order valence-electron chi connectivity index (χ4n) is 3.19. The summed E-state index contributed by atoms with van der Waals surface area (Å²) in [5.74, 6) is -0.0399. The first-order valence-electron chi connectivity index (χ1n) is 8.74. The average Bonchev–Trinajstić information content (AvgIpc) is 3.28. The molecule has 0 N–H and O–H groups in total. The number of hydrogen-bond acceptors (Lipinski definition) is 7. The largest absolute Gasteiger partial charge is 0.368 e. The Morgan fingerprint density at radius 2 is 1.75 bits per heavy atom. The van der Waals surface area contributed by atoms with Crippen molar-refractivity contribution in [1.29, 1.82) is 0 Å². The van der Waals surface area contributed by atoms with Crippen LogP contribution in [0.1, 0.15) is 10.4 Å². The fraction of sp³-hybridized carbons (Fsp3) is 0.222. The Labute approximate surface area is 160 Å². The summed E-state index contributed by atoms with van der Waals surface area (Å²) in [6, 6.07) is 13.7. The highest BCUT2D eigenvalue weighted by molar-refractivity contribution is 5.94. The average molecular weight is 379 g/mol. The van der Waals surface area contributed by atoms with E-state index in [0.29, 0.717) is 31.7 Å². The Hall–Kier alpha value is -3.82. The number of nitro benzene ring substituents is 1. The van der Waals surface area contributed by atoms with E-state index in [1.807, 2.05) is 6.07 Å². The summed E-state index contributed by atoms with van der Waals surface area (Å²) < 4.78 is 1.52. The van der Waals surface area contributed by atoms with Gasteiger partial charge in [-0.15, -0.1) is 5.10 Å². The number of carbonyl (C=O) groups excluding carboxylic acids is 1. The monoisotopic (exact) mass is 379 g/mol. The molecule has 0 bridgehead atoms. The first kappa shape index (κ1) is 17.6. The molecule has 0 saturated carbocycles. The Balaban J connectivity index is 1.40. The van der Waals surface area contributed by atoms with E-state index < -0.39 is 4.92 Å². The van der Waals surface area contributed by atoms with Crippen molar-refractivity contribution in [2.24, 2.45) is 0 Å². The molecule has 142 valence electrons. The van der Waals surface area contributed by atoms with E-state index in [1.165, 1.54) is 17.1 Å². The van der Waals surface area contributed by atoms with Gasteiger partial charge >= 0.3 is 0 Å². The molecule has 4 rings (SSSR count). The van der Waals surface area contributed by atoms with Gasteiger partial charge in [-0.2, -0.15) is 0 Å². The topological polar surface area (TPSA) is 110 Å². The third-order valence-electron chi connectivity index (χ3n) is 4.70. The van der Waals surface area contributed by atoms with E-state index >= 15 is 0 Å². The molecule has 1 aliphatic heterocycles. The van der Waals surface area contributed by atoms with E-state index in [2.05, 4.69) is 20.4 Å². The van der Waals surface area contributed by atoms with E-state index in [9.17, 15) is 14.9 Å². The molecule has 2 aromatic carbocycles. The second kappa shape index (κ2) is 7.43. The lowest BCUT2D eigenvalue weighted by molar-refractivity contribution is -0.384. The van der Waals surface area contributed by atoms with Crippen LogP contribution >= 0.6 is 0 Å². The van der Waals surface area contributed by atoms with Crippen LogP contribution < -0.4 is 4.90 Å². The molecular weight excluding hydrogens is 362 g/mol. The molecule has 1 aliphatic rings. The van der Waals surface area contributed by atoms with Crippen LogP contribution in [0, 0.1) is 10.1 Å². The third kappa shape index (κ3) is 3.52. The van der Waals surface area contributed by atoms with Crippen molar-refractivity contribution in [1.82, 2.24) is 25.1 Å². The van der Waals surface area contributed by atoms with Gasteiger partial charge in [-0.25, -0.2) is 4.68 Å². The second-order valence-electron chi connectivity index (χ2n) is 6.36. The van der Waals surface area contributed by atoms with Gasteiger partial charge in [-0.05, 0) is 40.8 Å². The number of hydrogen-bond donors (Lipinski definition) is 0. The highest BCUT2D eigenvalue weighted by Crippen LogP contribution is 2.22. The number of anilines is 1. The van der Waals surface area contributed by atoms with Crippen molar-refractivity contribution >= 4 is 17.3 Å². The summed E-state index contributed by atoms with van der Waals surface area (Å²) in [7, 11) is 0. The zero-order valence-corrected chi connectivity index (χ0v) is 14.9. The highest BCUT2D eigenvalue weighted by atomic mass is 16.6. The van der Waals surface area contributed by atoms with Gasteiger partial charge in [0.1, 0.15) is 6.33 Å². The van der Waals surface area contributed by atoms with Gasteiger partial charge in [0.2, 0.25) is 0 Å². The summed E-state index contributed by atoms with van der Waals surface area (Å²) in [6.07, 6.45) is 1.49. The number of aromatic nitrogens is 4. The summed E-state index contributed by atoms with van der Waals surface area (Å²) in [6.45, 7) is 2.35. The third-order valence-corrected chi connectivity index (χ3v) is 4.70. The molecule has 0 radical (unpaired) electrons. The molecule has 0 aliphatic carbocycles. The number of amides is 1. The van der Waals surface area contributed by atoms with Crippen molar-refractivity contribution in [3.63, 3.8) is 0 Å². The predicted molar refractivity (Wildman–Crippen MR) is 100 cm³/mol. The number of non-ortho nitro benzene ring substituents is 1. The predicted octanol–water partition coefficient (Wildman–Crippen LogP) is 1.53. The van der Waals surface area contributed by atoms with E-state index in [-0.39, 0.29) is 11.6 Å². The van der Waals surface area contributed by atoms with Crippen molar-refractivity contribution in [3.8, 4) is 5.69 Å². The van der Waals surface area contributed by atoms with Crippen molar-refractivity contribution < 1.29 is 9.72 Å². The summed E-state index contributed by atoms with van der Waals surface area (Å²) >= 11 is 0. The Morgan fingerprint density at radius 3 is 2.39 bits per heavy atom. The Bertz CT molecular complexity index is 981. The van der Waals surface area contributed by atoms with Crippen LogP contribution in [-0.2, 0) is 0 Å². The maximum absolute atomic E-state index is 12.8. The van der Waals surface area contributed by atoms with Gasteiger partial charge < -0.3 is 9.80 Å². The Morgan fingerprint density at radius 1 is 1.00 bits per heavy atom. The minimum atomic E-state index is -0.400. The first-order valence-corrected chi connectivity index (χ1v) is 8.74. The zero-order chi connectivity index (χ0) is 19.5. The van der Waals surface area contributed by atoms with E-state index in [4.69, 9.17) is 0 Å². The molecule has 0 atom stereocenters. The SMILES string of the molecule is O=C(c1ccc(-n2cnnn2)cc1)N1CCN(c2cccc([N+](=O)[O-])c2)CC1. The fourth-order valence-corrected chi connectivity index (χ4v) is 3.19. The van der Waals surface area contributed by atoms with Crippen molar-refractivity contribution in [3.05, 3.63) is 70.5 Å². The maximum atomic E-state index is 12.8. The lowest BCUT2D eigenvalue weighted by Crippen LogP contribution is -2.48. The van der Waals surface area contributed by atoms with Crippen molar-refractivity contribution in [2.45, 2.75) is 0 Å². The van der Waals surface area contributed by atoms with Crippen LogP contribution in [0.4, 0.5) is 11.4 Å². The molecule has 1 aromatic heterocycles. The molecule has 1 amide bonds. The minimum Gasteiger partial charge on any atom is -0.368 e. The van der Waals surface area contributed by atoms with Gasteiger partial charge in [0, 0.05) is 49.6 Å². The van der Waals surface area contributed by atoms with E-state index in [1.54, 1.807) is 41.3 Å². The zero-order valence-electron chi connectivity index (χ0n) is 14.9. The number of carbonyl (C=O) groups is 1. The number of benzene rings is 2. The van der Waals surface area contributed by atoms with Crippen LogP contribution in [0.15, 0.2) is 54.9 Å². The van der Waals surface area contributed by atoms with Gasteiger partial charge in [-0.1, -0.05) is 6.07 Å². The molecule has 28 heavy (non-hydrogen) atoms. The van der Waals surface area contributed by atoms with Crippen LogP contribution in [-0.4, -0.2) is 62.1 Å². The van der Waals surface area contributed by atoms with Crippen LogP contribution in [0.3, 0.4) is 0 Å². The van der Waals surface area contributed by atoms with Gasteiger partial charge in [0.05, 0.1) is 10.6 Å². The lowest BCUT2D eigenvalue weighted by atomic mass is 10.1. The van der Waals surface area contributed by atoms with Gasteiger partial charge in [-0.3, -0.25) is 14.9 Å². The minimum absolute atomic E-state index is 0.0399. The lowest BCUT2D eigenvalue weighted by Gasteiger charge is -2.36. The normalized spacial score (nSPS) is 14.1. The molecule has 2 heterocycles. The molecular formula is C18H17N7O3. The van der Waals surface area contributed by atoms with Crippen LogP contribution in [0.2, 0.25) is 0 Å². The smallest absolute Gasteiger partial charge is 0.271 e. The molecule has 10 heteroatoms. The highest BCUT2D eigenvalue weighted by Gasteiger charge is 2.23. The van der Waals surface area contributed by atoms with Crippen LogP contribution in [0.25, 0.3) is 5.69 Å². The van der Waals surface area contributed by atoms with Crippen LogP contribution in [0.5, 0.6) is 0 Å². The van der Waals surface area contributed by atoms with Gasteiger partial charge in [0.15, 0.2) is 0 Å². The maximum Gasteiger partial charge on any atom is 0.271 e. The molecule has 0 spiro atoms. The second-order valence-corrected chi connectivity index (χ2v) is 6.36. The standard InChI is InChI=1S/C18H17N7O3/c26-18(14-4-6-15(7-5-14)24-13-19-20-21-24)23-10-8-22(9-11-23)16-2-1-3-17(12-16)25(27)28/h1-7,12-13H,8-11H2. The first-order chi connectivity index (χ1) is 13.6. The molecule has 1 saturated heterocycles.